The van der Waals surface area contributed by atoms with E-state index in [4.69, 9.17) is 39.5 Å². The number of amides is 1. The number of rotatable bonds is 5. The normalized spacial score (nSPS) is 10.3. The maximum absolute atomic E-state index is 11.8. The van der Waals surface area contributed by atoms with E-state index in [0.29, 0.717) is 11.0 Å². The summed E-state index contributed by atoms with van der Waals surface area (Å²) in [5, 5.41) is 0.855. The maximum Gasteiger partial charge on any atom is 0.276 e. The molecule has 6 nitrogen and oxygen atoms in total. The zero-order valence-corrected chi connectivity index (χ0v) is 14.6. The number of nitrogens with one attached hydrogen (secondary N) is 2. The van der Waals surface area contributed by atoms with Crippen LogP contribution in [0.25, 0.3) is 0 Å². The van der Waals surface area contributed by atoms with Crippen molar-refractivity contribution in [2.75, 3.05) is 12.0 Å². The summed E-state index contributed by atoms with van der Waals surface area (Å²) < 4.78 is 5.30. The second-order valence-electron chi connectivity index (χ2n) is 4.63. The summed E-state index contributed by atoms with van der Waals surface area (Å²) >= 11 is 17.6. The highest BCUT2D eigenvalue weighted by molar-refractivity contribution is 6.43. The van der Waals surface area contributed by atoms with Crippen molar-refractivity contribution >= 4 is 46.7 Å². The Morgan fingerprint density at radius 3 is 2.30 bits per heavy atom. The Hall–Kier alpha value is -1.76. The van der Waals surface area contributed by atoms with Crippen LogP contribution < -0.4 is 15.6 Å². The van der Waals surface area contributed by atoms with Crippen molar-refractivity contribution in [2.45, 2.75) is 13.8 Å². The SMILES string of the molecule is Cc1cc(C)nc(NNC(=O)COc2cc(Cl)c(Cl)cc2Cl)n1. The first-order chi connectivity index (χ1) is 10.8. The lowest BCUT2D eigenvalue weighted by Gasteiger charge is -2.11. The van der Waals surface area contributed by atoms with E-state index in [9.17, 15) is 4.79 Å². The highest BCUT2D eigenvalue weighted by Crippen LogP contribution is 2.33. The zero-order chi connectivity index (χ0) is 17.0. The van der Waals surface area contributed by atoms with E-state index >= 15 is 0 Å². The summed E-state index contributed by atoms with van der Waals surface area (Å²) in [5.41, 5.74) is 6.61. The molecule has 2 N–H and O–H groups in total. The van der Waals surface area contributed by atoms with Crippen molar-refractivity contribution in [3.63, 3.8) is 0 Å². The summed E-state index contributed by atoms with van der Waals surface area (Å²) in [6, 6.07) is 4.71. The van der Waals surface area contributed by atoms with Crippen LogP contribution in [0.1, 0.15) is 11.4 Å². The Bertz CT molecular complexity index is 720. The fourth-order valence-electron chi connectivity index (χ4n) is 1.70. The number of ether oxygens (including phenoxy) is 1. The van der Waals surface area contributed by atoms with Crippen LogP contribution in [0.2, 0.25) is 15.1 Å². The predicted octanol–water partition coefficient (Wildman–Crippen LogP) is 3.58. The van der Waals surface area contributed by atoms with Gasteiger partial charge in [-0.05, 0) is 26.0 Å². The van der Waals surface area contributed by atoms with Crippen molar-refractivity contribution < 1.29 is 9.53 Å². The number of nitrogens with zero attached hydrogens (tertiary/aromatic N) is 2. The number of aromatic nitrogens is 2. The Kier molecular flexibility index (Phi) is 5.87. The van der Waals surface area contributed by atoms with Crippen LogP contribution in [0, 0.1) is 13.8 Å². The minimum Gasteiger partial charge on any atom is -0.482 e. The molecule has 1 aromatic carbocycles. The number of carbonyl (C=O) groups excluding carboxylic acids is 1. The van der Waals surface area contributed by atoms with E-state index in [0.717, 1.165) is 11.4 Å². The van der Waals surface area contributed by atoms with E-state index in [1.165, 1.54) is 12.1 Å². The Balaban J connectivity index is 1.89. The molecule has 0 unspecified atom stereocenters. The Morgan fingerprint density at radius 2 is 1.65 bits per heavy atom. The molecular weight excluding hydrogens is 363 g/mol. The third kappa shape index (κ3) is 5.13. The zero-order valence-electron chi connectivity index (χ0n) is 12.3. The summed E-state index contributed by atoms with van der Waals surface area (Å²) in [5.74, 6) is 0.122. The first-order valence-corrected chi connectivity index (χ1v) is 7.63. The lowest BCUT2D eigenvalue weighted by atomic mass is 10.3. The average Bonchev–Trinajstić information content (AvgIpc) is 2.46. The molecule has 1 aromatic heterocycles. The quantitative estimate of drug-likeness (QED) is 0.617. The number of hydrogen-bond acceptors (Lipinski definition) is 5. The molecule has 0 bridgehead atoms. The number of hydrazine groups is 1. The molecular formula is C14H13Cl3N4O2. The van der Waals surface area contributed by atoms with Crippen LogP contribution in [0.3, 0.4) is 0 Å². The lowest BCUT2D eigenvalue weighted by Crippen LogP contribution is -2.34. The number of carbonyl (C=O) groups is 1. The fourth-order valence-corrected chi connectivity index (χ4v) is 2.29. The highest BCUT2D eigenvalue weighted by Gasteiger charge is 2.10. The summed E-state index contributed by atoms with van der Waals surface area (Å²) in [7, 11) is 0. The molecule has 0 aliphatic rings. The molecule has 0 spiro atoms. The van der Waals surface area contributed by atoms with E-state index in [1.807, 2.05) is 19.9 Å². The Labute approximate surface area is 148 Å². The third-order valence-corrected chi connectivity index (χ3v) is 3.65. The molecule has 9 heteroatoms. The second-order valence-corrected chi connectivity index (χ2v) is 5.85. The molecule has 0 atom stereocenters. The average molecular weight is 376 g/mol. The summed E-state index contributed by atoms with van der Waals surface area (Å²) in [6.07, 6.45) is 0. The van der Waals surface area contributed by atoms with Gasteiger partial charge in [-0.15, -0.1) is 0 Å². The largest absolute Gasteiger partial charge is 0.482 e. The van der Waals surface area contributed by atoms with E-state index in [1.54, 1.807) is 0 Å². The van der Waals surface area contributed by atoms with Gasteiger partial charge >= 0.3 is 0 Å². The third-order valence-electron chi connectivity index (χ3n) is 2.63. The first kappa shape index (κ1) is 17.6. The minimum absolute atomic E-state index is 0.262. The number of aryl methyl sites for hydroxylation is 2. The second kappa shape index (κ2) is 7.68. The van der Waals surface area contributed by atoms with Crippen LogP contribution in [0.5, 0.6) is 5.75 Å². The van der Waals surface area contributed by atoms with Gasteiger partial charge in [-0.3, -0.25) is 15.6 Å². The standard InChI is InChI=1S/C14H13Cl3N4O2/c1-7-3-8(2)19-14(18-7)21-20-13(22)6-23-12-5-10(16)9(15)4-11(12)17/h3-5H,6H2,1-2H3,(H,20,22)(H,18,19,21). The first-order valence-electron chi connectivity index (χ1n) is 6.49. The van der Waals surface area contributed by atoms with Crippen molar-refractivity contribution in [3.8, 4) is 5.75 Å². The van der Waals surface area contributed by atoms with Gasteiger partial charge in [0, 0.05) is 17.5 Å². The fraction of sp³-hybridized carbons (Fsp3) is 0.214. The minimum atomic E-state index is -0.435. The van der Waals surface area contributed by atoms with Gasteiger partial charge in [0.25, 0.3) is 5.91 Å². The monoisotopic (exact) mass is 374 g/mol. The van der Waals surface area contributed by atoms with Crippen molar-refractivity contribution in [3.05, 3.63) is 44.7 Å². The van der Waals surface area contributed by atoms with E-state index in [-0.39, 0.29) is 22.4 Å². The molecule has 1 amide bonds. The van der Waals surface area contributed by atoms with Gasteiger partial charge in [0.05, 0.1) is 15.1 Å². The van der Waals surface area contributed by atoms with Gasteiger partial charge in [0.15, 0.2) is 6.61 Å². The molecule has 2 rings (SSSR count). The smallest absolute Gasteiger partial charge is 0.276 e. The number of hydrogen-bond donors (Lipinski definition) is 2. The number of halogens is 3. The van der Waals surface area contributed by atoms with E-state index < -0.39 is 5.91 Å². The topological polar surface area (TPSA) is 76.1 Å². The van der Waals surface area contributed by atoms with Gasteiger partial charge < -0.3 is 4.74 Å². The predicted molar refractivity (Wildman–Crippen MR) is 90.2 cm³/mol. The van der Waals surface area contributed by atoms with Gasteiger partial charge in [-0.25, -0.2) is 9.97 Å². The number of benzene rings is 1. The molecule has 0 radical (unpaired) electrons. The van der Waals surface area contributed by atoms with Crippen LogP contribution in [-0.4, -0.2) is 22.5 Å². The van der Waals surface area contributed by atoms with Crippen LogP contribution in [-0.2, 0) is 4.79 Å². The van der Waals surface area contributed by atoms with Crippen molar-refractivity contribution in [1.29, 1.82) is 0 Å². The molecule has 0 saturated carbocycles. The molecule has 2 aromatic rings. The molecule has 122 valence electrons. The van der Waals surface area contributed by atoms with E-state index in [2.05, 4.69) is 20.8 Å². The summed E-state index contributed by atoms with van der Waals surface area (Å²) in [4.78, 5) is 20.0. The Morgan fingerprint density at radius 1 is 1.04 bits per heavy atom. The molecule has 1 heterocycles. The van der Waals surface area contributed by atoms with Crippen LogP contribution in [0.4, 0.5) is 5.95 Å². The van der Waals surface area contributed by atoms with Gasteiger partial charge in [-0.1, -0.05) is 34.8 Å². The van der Waals surface area contributed by atoms with Crippen LogP contribution in [0.15, 0.2) is 18.2 Å². The lowest BCUT2D eigenvalue weighted by molar-refractivity contribution is -0.122. The molecule has 0 fully saturated rings. The van der Waals surface area contributed by atoms with Gasteiger partial charge in [-0.2, -0.15) is 0 Å². The summed E-state index contributed by atoms with van der Waals surface area (Å²) in [6.45, 7) is 3.39. The molecule has 0 aliphatic heterocycles. The van der Waals surface area contributed by atoms with Crippen LogP contribution >= 0.6 is 34.8 Å². The van der Waals surface area contributed by atoms with Crippen molar-refractivity contribution in [1.82, 2.24) is 15.4 Å². The molecule has 0 saturated heterocycles. The maximum atomic E-state index is 11.8. The van der Waals surface area contributed by atoms with Crippen molar-refractivity contribution in [2.24, 2.45) is 0 Å². The highest BCUT2D eigenvalue weighted by atomic mass is 35.5. The number of anilines is 1. The van der Waals surface area contributed by atoms with Gasteiger partial charge in [0.2, 0.25) is 5.95 Å². The van der Waals surface area contributed by atoms with Gasteiger partial charge in [0.1, 0.15) is 5.75 Å². The molecule has 23 heavy (non-hydrogen) atoms. The molecule has 0 aliphatic carbocycles.